The molecular weight excluding hydrogens is 400 g/mol. The number of ether oxygens (including phenoxy) is 3. The number of carbonyl (C=O) groups is 3. The zero-order valence-electron chi connectivity index (χ0n) is 17.8. The summed E-state index contributed by atoms with van der Waals surface area (Å²) in [4.78, 5) is 34.6. The van der Waals surface area contributed by atoms with Crippen LogP contribution in [0.5, 0.6) is 17.2 Å². The molecule has 0 atom stereocenters. The minimum Gasteiger partial charge on any atom is -0.494 e. The minimum absolute atomic E-state index is 0.0836. The van der Waals surface area contributed by atoms with E-state index >= 15 is 0 Å². The van der Waals surface area contributed by atoms with E-state index in [1.54, 1.807) is 37.3 Å². The first-order valence-corrected chi connectivity index (χ1v) is 9.79. The fraction of sp³-hybridized carbons (Fsp3) is 0.292. The molecule has 0 fully saturated rings. The van der Waals surface area contributed by atoms with Crippen LogP contribution in [0.1, 0.15) is 51.1 Å². The number of methoxy groups -OCH3 is 2. The summed E-state index contributed by atoms with van der Waals surface area (Å²) in [6.45, 7) is 2.21. The average Bonchev–Trinajstić information content (AvgIpc) is 2.76. The van der Waals surface area contributed by atoms with Crippen molar-refractivity contribution in [2.45, 2.75) is 26.2 Å². The van der Waals surface area contributed by atoms with Gasteiger partial charge < -0.3 is 19.3 Å². The molecule has 0 aliphatic carbocycles. The van der Waals surface area contributed by atoms with Crippen LogP contribution < -0.4 is 14.2 Å². The second-order valence-corrected chi connectivity index (χ2v) is 6.81. The number of unbranched alkanes of at least 4 members (excludes halogenated alkanes) is 1. The van der Waals surface area contributed by atoms with Gasteiger partial charge in [-0.3, -0.25) is 9.59 Å². The summed E-state index contributed by atoms with van der Waals surface area (Å²) in [5.74, 6) is 0.130. The fourth-order valence-electron chi connectivity index (χ4n) is 3.18. The van der Waals surface area contributed by atoms with Crippen LogP contribution in [0, 0.1) is 6.92 Å². The first kappa shape index (κ1) is 23.7. The number of Topliss-reactive ketones (excluding diaryl/α,β-unsaturated/α-hetero) is 1. The van der Waals surface area contributed by atoms with E-state index in [9.17, 15) is 14.4 Å². The first-order valence-electron chi connectivity index (χ1n) is 9.79. The third kappa shape index (κ3) is 6.44. The highest BCUT2D eigenvalue weighted by molar-refractivity contribution is 6.02. The van der Waals surface area contributed by atoms with Crippen molar-refractivity contribution in [3.05, 3.63) is 58.7 Å². The van der Waals surface area contributed by atoms with E-state index < -0.39 is 5.97 Å². The predicted molar refractivity (Wildman–Crippen MR) is 116 cm³/mol. The van der Waals surface area contributed by atoms with E-state index in [2.05, 4.69) is 0 Å². The van der Waals surface area contributed by atoms with Crippen molar-refractivity contribution in [3.8, 4) is 17.2 Å². The lowest BCUT2D eigenvalue weighted by Gasteiger charge is -2.16. The molecule has 0 unspecified atom stereocenters. The van der Waals surface area contributed by atoms with Gasteiger partial charge in [0.15, 0.2) is 23.6 Å². The first-order chi connectivity index (χ1) is 14.9. The number of carboxylic acid groups (broad SMARTS) is 1. The van der Waals surface area contributed by atoms with Crippen molar-refractivity contribution in [2.24, 2.45) is 0 Å². The van der Waals surface area contributed by atoms with Crippen molar-refractivity contribution in [2.75, 3.05) is 20.8 Å². The summed E-state index contributed by atoms with van der Waals surface area (Å²) in [6.07, 6.45) is 4.87. The normalized spacial score (nSPS) is 10.7. The second-order valence-electron chi connectivity index (χ2n) is 6.81. The van der Waals surface area contributed by atoms with Gasteiger partial charge in [-0.1, -0.05) is 12.1 Å². The number of benzene rings is 2. The maximum atomic E-state index is 12.8. The van der Waals surface area contributed by atoms with Crippen LogP contribution in [0.2, 0.25) is 0 Å². The van der Waals surface area contributed by atoms with E-state index in [-0.39, 0.29) is 17.3 Å². The lowest BCUT2D eigenvalue weighted by molar-refractivity contribution is -0.131. The lowest BCUT2D eigenvalue weighted by Crippen LogP contribution is -2.09. The number of carbonyl (C=O) groups excluding carboxylic acids is 2. The van der Waals surface area contributed by atoms with E-state index in [1.165, 1.54) is 20.3 Å². The largest absolute Gasteiger partial charge is 0.494 e. The Morgan fingerprint density at radius 1 is 1.03 bits per heavy atom. The molecule has 0 heterocycles. The Morgan fingerprint density at radius 2 is 1.71 bits per heavy atom. The zero-order valence-corrected chi connectivity index (χ0v) is 17.8. The molecule has 0 aliphatic rings. The molecule has 0 saturated carbocycles. The number of aliphatic carboxylic acids is 1. The molecule has 0 saturated heterocycles. The van der Waals surface area contributed by atoms with Gasteiger partial charge in [-0.15, -0.1) is 0 Å². The summed E-state index contributed by atoms with van der Waals surface area (Å²) in [5.41, 5.74) is 2.20. The van der Waals surface area contributed by atoms with Gasteiger partial charge in [-0.25, -0.2) is 4.79 Å². The molecule has 1 N–H and O–H groups in total. The van der Waals surface area contributed by atoms with Crippen molar-refractivity contribution >= 4 is 24.1 Å². The van der Waals surface area contributed by atoms with Gasteiger partial charge in [-0.05, 0) is 55.2 Å². The highest BCUT2D eigenvalue weighted by Crippen LogP contribution is 2.37. The van der Waals surface area contributed by atoms with Crippen LogP contribution in [0.15, 0.2) is 36.4 Å². The number of hydrogen-bond acceptors (Lipinski definition) is 6. The van der Waals surface area contributed by atoms with E-state index in [4.69, 9.17) is 19.3 Å². The van der Waals surface area contributed by atoms with Gasteiger partial charge in [0.1, 0.15) is 5.75 Å². The summed E-state index contributed by atoms with van der Waals surface area (Å²) in [6, 6.07) is 8.69. The highest BCUT2D eigenvalue weighted by atomic mass is 16.5. The number of carboxylic acids is 1. The van der Waals surface area contributed by atoms with E-state index in [0.29, 0.717) is 54.6 Å². The predicted octanol–water partition coefficient (Wildman–Crippen LogP) is 4.35. The molecule has 0 radical (unpaired) electrons. The van der Waals surface area contributed by atoms with Gasteiger partial charge in [-0.2, -0.15) is 0 Å². The maximum Gasteiger partial charge on any atom is 0.328 e. The van der Waals surface area contributed by atoms with Gasteiger partial charge in [0.05, 0.1) is 32.0 Å². The summed E-state index contributed by atoms with van der Waals surface area (Å²) in [5, 5.41) is 8.64. The summed E-state index contributed by atoms with van der Waals surface area (Å²) in [7, 11) is 2.87. The molecule has 164 valence electrons. The number of ketones is 1. The van der Waals surface area contributed by atoms with Crippen LogP contribution in [-0.2, 0) is 4.79 Å². The Kier molecular flexibility index (Phi) is 8.81. The molecule has 7 heteroatoms. The smallest absolute Gasteiger partial charge is 0.328 e. The van der Waals surface area contributed by atoms with E-state index in [0.717, 1.165) is 11.6 Å². The fourth-order valence-corrected chi connectivity index (χ4v) is 3.18. The Hall–Kier alpha value is -3.61. The van der Waals surface area contributed by atoms with Crippen LogP contribution in [0.25, 0.3) is 6.08 Å². The second kappa shape index (κ2) is 11.5. The van der Waals surface area contributed by atoms with Gasteiger partial charge >= 0.3 is 5.97 Å². The third-order valence-corrected chi connectivity index (χ3v) is 4.64. The molecule has 7 nitrogen and oxygen atoms in total. The van der Waals surface area contributed by atoms with Crippen LogP contribution in [-0.4, -0.2) is 44.0 Å². The molecule has 2 aromatic carbocycles. The molecule has 31 heavy (non-hydrogen) atoms. The van der Waals surface area contributed by atoms with Gasteiger partial charge in [0.25, 0.3) is 0 Å². The SMILES string of the molecule is COc1c(C=O)cc(C)c(C(=O)CCCCOc2ccc(/C=C/C(=O)O)cc2)c1OC. The van der Waals surface area contributed by atoms with Gasteiger partial charge in [0.2, 0.25) is 0 Å². The van der Waals surface area contributed by atoms with Crippen molar-refractivity contribution in [1.82, 2.24) is 0 Å². The molecule has 0 aliphatic heterocycles. The topological polar surface area (TPSA) is 99.1 Å². The summed E-state index contributed by atoms with van der Waals surface area (Å²) < 4.78 is 16.3. The minimum atomic E-state index is -0.999. The van der Waals surface area contributed by atoms with Crippen LogP contribution in [0.4, 0.5) is 0 Å². The Balaban J connectivity index is 1.90. The Labute approximate surface area is 181 Å². The average molecular weight is 426 g/mol. The van der Waals surface area contributed by atoms with Crippen LogP contribution in [0.3, 0.4) is 0 Å². The number of aldehydes is 1. The standard InChI is InChI=1S/C24H26O7/c1-16-14-18(15-25)23(29-2)24(30-3)22(16)20(26)6-4-5-13-31-19-10-7-17(8-11-19)9-12-21(27)28/h7-12,14-15H,4-6,13H2,1-3H3,(H,27,28)/b12-9+. The number of aryl methyl sites for hydroxylation is 1. The van der Waals surface area contributed by atoms with Crippen LogP contribution >= 0.6 is 0 Å². The number of hydrogen-bond donors (Lipinski definition) is 1. The monoisotopic (exact) mass is 426 g/mol. The molecule has 0 amide bonds. The lowest BCUT2D eigenvalue weighted by atomic mass is 9.96. The highest BCUT2D eigenvalue weighted by Gasteiger charge is 2.22. The zero-order chi connectivity index (χ0) is 22.8. The Morgan fingerprint density at radius 3 is 2.29 bits per heavy atom. The molecule has 0 aromatic heterocycles. The maximum absolute atomic E-state index is 12.8. The molecule has 2 aromatic rings. The summed E-state index contributed by atoms with van der Waals surface area (Å²) >= 11 is 0. The molecule has 0 bridgehead atoms. The van der Waals surface area contributed by atoms with E-state index in [1.807, 2.05) is 0 Å². The Bertz CT molecular complexity index is 959. The van der Waals surface area contributed by atoms with Crippen molar-refractivity contribution in [1.29, 1.82) is 0 Å². The van der Waals surface area contributed by atoms with Crippen molar-refractivity contribution in [3.63, 3.8) is 0 Å². The van der Waals surface area contributed by atoms with Gasteiger partial charge in [0, 0.05) is 12.5 Å². The molecule has 0 spiro atoms. The van der Waals surface area contributed by atoms with Crippen molar-refractivity contribution < 1.29 is 33.7 Å². The number of rotatable bonds is 12. The quantitative estimate of drug-likeness (QED) is 0.233. The third-order valence-electron chi connectivity index (χ3n) is 4.64. The molecular formula is C24H26O7. The molecule has 2 rings (SSSR count).